The fourth-order valence-electron chi connectivity index (χ4n) is 7.03. The first-order valence-corrected chi connectivity index (χ1v) is 17.4. The summed E-state index contributed by atoms with van der Waals surface area (Å²) < 4.78 is 49.9. The number of carboxylic acids is 1. The highest BCUT2D eigenvalue weighted by molar-refractivity contribution is 5.76. The Morgan fingerprint density at radius 2 is 1.50 bits per heavy atom. The number of carbonyl (C=O) groups is 1. The van der Waals surface area contributed by atoms with Crippen molar-refractivity contribution in [3.63, 3.8) is 0 Å². The zero-order chi connectivity index (χ0) is 31.2. The first kappa shape index (κ1) is 34.8. The Kier molecular flexibility index (Phi) is 14.3. The molecule has 2 unspecified atom stereocenters. The van der Waals surface area contributed by atoms with Gasteiger partial charge in [0.2, 0.25) is 0 Å². The van der Waals surface area contributed by atoms with Crippen LogP contribution in [-0.4, -0.2) is 30.9 Å². The molecular formula is C37H54F2O5. The molecular weight excluding hydrogens is 562 g/mol. The minimum absolute atomic E-state index is 0.216. The standard InChI is InChI=1S/C37H54F2O5/c1-2-3-4-5-6-7-11-20-29-26-42-36(43-27-29)30-21-14-15-22-32(30)37(24-23-31(35(40)41)33(38)34(37)39)44-25-16-9-8-10-17-28-18-12-13-19-28/h14-15,21-24,28-29,31,36H,2-13,16-20,25-27H2,1H3,(H,40,41). The highest BCUT2D eigenvalue weighted by Gasteiger charge is 2.46. The maximum absolute atomic E-state index is 16.1. The van der Waals surface area contributed by atoms with Gasteiger partial charge >= 0.3 is 5.97 Å². The predicted molar refractivity (Wildman–Crippen MR) is 169 cm³/mol. The van der Waals surface area contributed by atoms with Gasteiger partial charge in [-0.3, -0.25) is 4.79 Å². The van der Waals surface area contributed by atoms with E-state index in [9.17, 15) is 9.90 Å². The topological polar surface area (TPSA) is 65.0 Å². The van der Waals surface area contributed by atoms with E-state index < -0.39 is 35.4 Å². The van der Waals surface area contributed by atoms with E-state index in [4.69, 9.17) is 14.2 Å². The second-order valence-corrected chi connectivity index (χ2v) is 13.1. The second kappa shape index (κ2) is 18.2. The molecule has 0 spiro atoms. The van der Waals surface area contributed by atoms with Gasteiger partial charge in [-0.05, 0) is 24.8 Å². The van der Waals surface area contributed by atoms with Crippen LogP contribution in [0.3, 0.4) is 0 Å². The Hall–Kier alpha value is -2.09. The summed E-state index contributed by atoms with van der Waals surface area (Å²) in [6.45, 7) is 3.52. The van der Waals surface area contributed by atoms with Gasteiger partial charge in [0.15, 0.2) is 23.5 Å². The van der Waals surface area contributed by atoms with Gasteiger partial charge in [-0.15, -0.1) is 0 Å². The van der Waals surface area contributed by atoms with Gasteiger partial charge in [-0.1, -0.05) is 134 Å². The molecule has 2 aliphatic carbocycles. The van der Waals surface area contributed by atoms with Gasteiger partial charge in [0.25, 0.3) is 0 Å². The molecule has 246 valence electrons. The zero-order valence-corrected chi connectivity index (χ0v) is 26.8. The van der Waals surface area contributed by atoms with Crippen LogP contribution in [0.4, 0.5) is 8.78 Å². The van der Waals surface area contributed by atoms with Gasteiger partial charge in [-0.2, -0.15) is 0 Å². The number of hydrogen-bond donors (Lipinski definition) is 1. The number of halogens is 2. The molecule has 1 aliphatic heterocycles. The largest absolute Gasteiger partial charge is 0.480 e. The van der Waals surface area contributed by atoms with Crippen molar-refractivity contribution in [2.75, 3.05) is 19.8 Å². The van der Waals surface area contributed by atoms with Gasteiger partial charge in [0.05, 0.1) is 13.2 Å². The Morgan fingerprint density at radius 1 is 0.886 bits per heavy atom. The van der Waals surface area contributed by atoms with Crippen molar-refractivity contribution < 1.29 is 32.9 Å². The first-order chi connectivity index (χ1) is 21.5. The number of ether oxygens (including phenoxy) is 3. The maximum Gasteiger partial charge on any atom is 0.317 e. The predicted octanol–water partition coefficient (Wildman–Crippen LogP) is 10.3. The van der Waals surface area contributed by atoms with E-state index in [-0.39, 0.29) is 6.61 Å². The molecule has 0 bridgehead atoms. The summed E-state index contributed by atoms with van der Waals surface area (Å²) in [6, 6.07) is 7.07. The monoisotopic (exact) mass is 616 g/mol. The van der Waals surface area contributed by atoms with Crippen molar-refractivity contribution in [2.24, 2.45) is 17.8 Å². The molecule has 1 aromatic rings. The molecule has 1 N–H and O–H groups in total. The molecule has 1 aromatic carbocycles. The van der Waals surface area contributed by atoms with Crippen LogP contribution < -0.4 is 0 Å². The lowest BCUT2D eigenvalue weighted by molar-refractivity contribution is -0.207. The Morgan fingerprint density at radius 3 is 2.18 bits per heavy atom. The average Bonchev–Trinajstić information content (AvgIpc) is 3.56. The SMILES string of the molecule is CCCCCCCCCC1COC(c2ccccc2C2(OCCCCCCC3CCCC3)C=CC(C(=O)O)C(F)=C2F)OC1. The first-order valence-electron chi connectivity index (χ1n) is 17.4. The molecule has 3 aliphatic rings. The van der Waals surface area contributed by atoms with E-state index in [1.54, 1.807) is 18.2 Å². The molecule has 0 aromatic heterocycles. The van der Waals surface area contributed by atoms with Crippen LogP contribution in [0.25, 0.3) is 0 Å². The van der Waals surface area contributed by atoms with Crippen molar-refractivity contribution in [1.29, 1.82) is 0 Å². The minimum atomic E-state index is -1.88. The molecule has 1 heterocycles. The molecule has 44 heavy (non-hydrogen) atoms. The summed E-state index contributed by atoms with van der Waals surface area (Å²) in [5, 5.41) is 9.48. The minimum Gasteiger partial charge on any atom is -0.480 e. The van der Waals surface area contributed by atoms with Crippen molar-refractivity contribution in [3.8, 4) is 0 Å². The summed E-state index contributed by atoms with van der Waals surface area (Å²) in [5.41, 5.74) is -0.929. The smallest absolute Gasteiger partial charge is 0.317 e. The molecule has 1 saturated carbocycles. The fourth-order valence-corrected chi connectivity index (χ4v) is 7.03. The molecule has 4 rings (SSSR count). The van der Waals surface area contributed by atoms with Gasteiger partial charge in [0.1, 0.15) is 5.92 Å². The number of unbranched alkanes of at least 4 members (excludes halogenated alkanes) is 9. The zero-order valence-electron chi connectivity index (χ0n) is 26.8. The van der Waals surface area contributed by atoms with Crippen molar-refractivity contribution in [1.82, 2.24) is 0 Å². The molecule has 2 fully saturated rings. The van der Waals surface area contributed by atoms with Gasteiger partial charge < -0.3 is 19.3 Å². The van der Waals surface area contributed by atoms with E-state index in [2.05, 4.69) is 6.92 Å². The second-order valence-electron chi connectivity index (χ2n) is 13.1. The van der Waals surface area contributed by atoms with E-state index in [1.807, 2.05) is 6.07 Å². The number of carboxylic acid groups (broad SMARTS) is 1. The molecule has 5 nitrogen and oxygen atoms in total. The lowest BCUT2D eigenvalue weighted by Crippen LogP contribution is -2.36. The maximum atomic E-state index is 16.1. The molecule has 2 atom stereocenters. The van der Waals surface area contributed by atoms with E-state index in [0.29, 0.717) is 36.7 Å². The quantitative estimate of drug-likeness (QED) is 0.124. The van der Waals surface area contributed by atoms with Crippen molar-refractivity contribution in [2.45, 2.75) is 128 Å². The summed E-state index contributed by atoms with van der Waals surface area (Å²) in [6.07, 6.45) is 22.2. The third kappa shape index (κ3) is 9.46. The Bertz CT molecular complexity index is 1070. The summed E-state index contributed by atoms with van der Waals surface area (Å²) in [7, 11) is 0. The molecule has 0 radical (unpaired) electrons. The summed E-state index contributed by atoms with van der Waals surface area (Å²) >= 11 is 0. The fraction of sp³-hybridized carbons (Fsp3) is 0.703. The van der Waals surface area contributed by atoms with E-state index in [1.165, 1.54) is 89.2 Å². The van der Waals surface area contributed by atoms with E-state index in [0.717, 1.165) is 31.6 Å². The number of aliphatic carboxylic acids is 1. The lowest BCUT2D eigenvalue weighted by atomic mass is 9.81. The highest BCUT2D eigenvalue weighted by Crippen LogP contribution is 2.47. The van der Waals surface area contributed by atoms with Gasteiger partial charge in [-0.25, -0.2) is 8.78 Å². The van der Waals surface area contributed by atoms with Crippen molar-refractivity contribution in [3.05, 3.63) is 59.2 Å². The van der Waals surface area contributed by atoms with Crippen LogP contribution in [-0.2, 0) is 24.6 Å². The average molecular weight is 617 g/mol. The van der Waals surface area contributed by atoms with Gasteiger partial charge in [0, 0.05) is 23.7 Å². The lowest BCUT2D eigenvalue weighted by Gasteiger charge is -2.37. The van der Waals surface area contributed by atoms with Crippen LogP contribution in [0.5, 0.6) is 0 Å². The molecule has 1 saturated heterocycles. The highest BCUT2D eigenvalue weighted by atomic mass is 19.2. The Labute approximate surface area is 263 Å². The van der Waals surface area contributed by atoms with E-state index >= 15 is 8.78 Å². The van der Waals surface area contributed by atoms with Crippen LogP contribution in [0.1, 0.15) is 133 Å². The third-order valence-electron chi connectivity index (χ3n) is 9.71. The van der Waals surface area contributed by atoms with Crippen LogP contribution >= 0.6 is 0 Å². The van der Waals surface area contributed by atoms with Crippen molar-refractivity contribution >= 4 is 5.97 Å². The number of rotatable bonds is 19. The number of hydrogen-bond acceptors (Lipinski definition) is 4. The molecule has 0 amide bonds. The summed E-state index contributed by atoms with van der Waals surface area (Å²) in [5.74, 6) is -4.50. The van der Waals surface area contributed by atoms with Crippen LogP contribution in [0.15, 0.2) is 48.1 Å². The Balaban J connectivity index is 1.38. The van der Waals surface area contributed by atoms with Crippen LogP contribution in [0, 0.1) is 17.8 Å². The number of benzene rings is 1. The third-order valence-corrected chi connectivity index (χ3v) is 9.71. The summed E-state index contributed by atoms with van der Waals surface area (Å²) in [4.78, 5) is 11.6. The normalized spacial score (nSPS) is 26.0. The van der Waals surface area contributed by atoms with Crippen LogP contribution in [0.2, 0.25) is 0 Å². The molecule has 7 heteroatoms.